The molecule has 138 valence electrons. The van der Waals surface area contributed by atoms with Gasteiger partial charge in [-0.2, -0.15) is 10.2 Å². The van der Waals surface area contributed by atoms with Crippen LogP contribution < -0.4 is 5.56 Å². The highest BCUT2D eigenvalue weighted by Crippen LogP contribution is 2.23. The van der Waals surface area contributed by atoms with E-state index in [2.05, 4.69) is 43.2 Å². The summed E-state index contributed by atoms with van der Waals surface area (Å²) in [6.45, 7) is 2.58. The van der Waals surface area contributed by atoms with Crippen LogP contribution >= 0.6 is 0 Å². The lowest BCUT2D eigenvalue weighted by Crippen LogP contribution is -2.25. The zero-order valence-electron chi connectivity index (χ0n) is 15.5. The molecule has 1 aromatic carbocycles. The summed E-state index contributed by atoms with van der Waals surface area (Å²) in [6.07, 6.45) is 1.53. The second kappa shape index (κ2) is 6.81. The maximum atomic E-state index is 12.2. The quantitative estimate of drug-likeness (QED) is 0.567. The summed E-state index contributed by atoms with van der Waals surface area (Å²) >= 11 is 0. The van der Waals surface area contributed by atoms with Crippen molar-refractivity contribution in [1.29, 1.82) is 0 Å². The van der Waals surface area contributed by atoms with Crippen LogP contribution in [0.15, 0.2) is 47.4 Å². The van der Waals surface area contributed by atoms with Gasteiger partial charge in [-0.25, -0.2) is 4.98 Å². The fourth-order valence-corrected chi connectivity index (χ4v) is 3.07. The number of aromatic nitrogens is 6. The highest BCUT2D eigenvalue weighted by molar-refractivity contribution is 5.72. The predicted molar refractivity (Wildman–Crippen MR) is 103 cm³/mol. The first-order chi connectivity index (χ1) is 13.0. The molecule has 0 amide bonds. The lowest BCUT2D eigenvalue weighted by atomic mass is 10.1. The molecule has 0 aliphatic heterocycles. The number of hydrogen-bond acceptors (Lipinski definition) is 5. The summed E-state index contributed by atoms with van der Waals surface area (Å²) in [5.74, 6) is 0.605. The highest BCUT2D eigenvalue weighted by atomic mass is 16.1. The van der Waals surface area contributed by atoms with E-state index in [0.29, 0.717) is 23.4 Å². The van der Waals surface area contributed by atoms with E-state index >= 15 is 0 Å². The van der Waals surface area contributed by atoms with Crippen LogP contribution in [0.5, 0.6) is 0 Å². The van der Waals surface area contributed by atoms with Gasteiger partial charge in [-0.15, -0.1) is 0 Å². The Bertz CT molecular complexity index is 1130. The molecule has 2 N–H and O–H groups in total. The molecule has 0 saturated carbocycles. The van der Waals surface area contributed by atoms with Gasteiger partial charge in [0.05, 0.1) is 24.1 Å². The maximum Gasteiger partial charge on any atom is 0.262 e. The fraction of sp³-hybridized carbons (Fsp3) is 0.263. The third-order valence-corrected chi connectivity index (χ3v) is 4.83. The van der Waals surface area contributed by atoms with Crippen LogP contribution in [0.3, 0.4) is 0 Å². The van der Waals surface area contributed by atoms with Crippen molar-refractivity contribution in [2.24, 2.45) is 7.05 Å². The van der Waals surface area contributed by atoms with Crippen LogP contribution in [-0.4, -0.2) is 41.9 Å². The minimum atomic E-state index is -0.169. The van der Waals surface area contributed by atoms with Crippen molar-refractivity contribution in [2.75, 3.05) is 7.05 Å². The van der Waals surface area contributed by atoms with Gasteiger partial charge < -0.3 is 4.98 Å². The zero-order valence-corrected chi connectivity index (χ0v) is 15.5. The molecular formula is C19H21N7O. The fourth-order valence-electron chi connectivity index (χ4n) is 3.07. The number of aromatic amines is 2. The van der Waals surface area contributed by atoms with Gasteiger partial charge in [0.1, 0.15) is 11.2 Å². The number of benzene rings is 1. The Morgan fingerprint density at radius 1 is 1.26 bits per heavy atom. The molecule has 1 atom stereocenters. The number of aryl methyl sites for hydroxylation is 1. The predicted octanol–water partition coefficient (Wildman–Crippen LogP) is 2.24. The van der Waals surface area contributed by atoms with Crippen molar-refractivity contribution in [3.05, 3.63) is 64.5 Å². The van der Waals surface area contributed by atoms with E-state index in [4.69, 9.17) is 0 Å². The van der Waals surface area contributed by atoms with E-state index in [1.165, 1.54) is 6.20 Å². The van der Waals surface area contributed by atoms with Crippen molar-refractivity contribution in [2.45, 2.75) is 19.5 Å². The summed E-state index contributed by atoms with van der Waals surface area (Å²) in [5.41, 5.74) is 3.40. The Kier molecular flexibility index (Phi) is 4.33. The number of H-pyrrole nitrogens is 2. The molecule has 0 fully saturated rings. The van der Waals surface area contributed by atoms with Crippen LogP contribution in [0.4, 0.5) is 0 Å². The van der Waals surface area contributed by atoms with E-state index in [-0.39, 0.29) is 11.6 Å². The summed E-state index contributed by atoms with van der Waals surface area (Å²) in [7, 11) is 3.77. The lowest BCUT2D eigenvalue weighted by molar-refractivity contribution is 0.242. The first-order valence-electron chi connectivity index (χ1n) is 8.75. The van der Waals surface area contributed by atoms with E-state index < -0.39 is 0 Å². The Hall–Kier alpha value is -3.26. The summed E-state index contributed by atoms with van der Waals surface area (Å²) in [6, 6.07) is 12.2. The normalized spacial score (nSPS) is 12.7. The van der Waals surface area contributed by atoms with Gasteiger partial charge in [-0.05, 0) is 20.0 Å². The second-order valence-electron chi connectivity index (χ2n) is 6.68. The lowest BCUT2D eigenvalue weighted by Gasteiger charge is -2.22. The number of rotatable bonds is 5. The number of hydrogen-bond donors (Lipinski definition) is 2. The Balaban J connectivity index is 1.55. The van der Waals surface area contributed by atoms with E-state index in [1.54, 1.807) is 11.7 Å². The average Bonchev–Trinajstić information content (AvgIpc) is 3.30. The highest BCUT2D eigenvalue weighted by Gasteiger charge is 2.17. The molecule has 3 aromatic heterocycles. The van der Waals surface area contributed by atoms with Gasteiger partial charge in [-0.1, -0.05) is 30.3 Å². The first kappa shape index (κ1) is 17.2. The molecule has 8 heteroatoms. The van der Waals surface area contributed by atoms with Gasteiger partial charge in [0.15, 0.2) is 5.65 Å². The number of nitrogens with one attached hydrogen (secondary N) is 2. The second-order valence-corrected chi connectivity index (χ2v) is 6.68. The van der Waals surface area contributed by atoms with Gasteiger partial charge >= 0.3 is 0 Å². The Labute approximate surface area is 155 Å². The summed E-state index contributed by atoms with van der Waals surface area (Å²) in [4.78, 5) is 21.7. The molecular weight excluding hydrogens is 342 g/mol. The van der Waals surface area contributed by atoms with Crippen LogP contribution in [0, 0.1) is 0 Å². The number of fused-ring (bicyclic) bond motifs is 1. The molecule has 3 heterocycles. The topological polar surface area (TPSA) is 95.5 Å². The molecule has 0 spiro atoms. The molecule has 0 bridgehead atoms. The van der Waals surface area contributed by atoms with Crippen molar-refractivity contribution in [1.82, 2.24) is 34.8 Å². The van der Waals surface area contributed by atoms with Crippen molar-refractivity contribution in [3.63, 3.8) is 0 Å². The zero-order chi connectivity index (χ0) is 19.0. The largest absolute Gasteiger partial charge is 0.309 e. The molecule has 0 saturated heterocycles. The van der Waals surface area contributed by atoms with Crippen LogP contribution in [-0.2, 0) is 13.6 Å². The Morgan fingerprint density at radius 2 is 2.04 bits per heavy atom. The summed E-state index contributed by atoms with van der Waals surface area (Å²) in [5, 5.41) is 12.1. The molecule has 8 nitrogen and oxygen atoms in total. The molecule has 0 unspecified atom stereocenters. The molecule has 0 aliphatic carbocycles. The third-order valence-electron chi connectivity index (χ3n) is 4.83. The van der Waals surface area contributed by atoms with Gasteiger partial charge in [0, 0.05) is 18.7 Å². The van der Waals surface area contributed by atoms with Crippen LogP contribution in [0.1, 0.15) is 24.5 Å². The molecule has 4 rings (SSSR count). The first-order valence-corrected chi connectivity index (χ1v) is 8.75. The monoisotopic (exact) mass is 363 g/mol. The number of nitrogens with zero attached hydrogens (tertiary/aromatic N) is 5. The van der Waals surface area contributed by atoms with Gasteiger partial charge in [0.2, 0.25) is 0 Å². The SMILES string of the molecule is C[C@H](c1cc(-c2ccccc2)n[nH]1)N(C)Cc1nc2c(cnn2C)c(=O)[nH]1. The molecule has 0 aliphatic rings. The standard InChI is InChI=1S/C19H21N7O/c1-12(15-9-16(24-23-15)13-7-5-4-6-8-13)25(2)11-17-21-18-14(19(27)22-17)10-20-26(18)3/h4-10,12H,11H2,1-3H3,(H,23,24)(H,21,22,27)/t12-/m1/s1. The smallest absolute Gasteiger partial charge is 0.262 e. The molecule has 4 aromatic rings. The molecule has 27 heavy (non-hydrogen) atoms. The van der Waals surface area contributed by atoms with Gasteiger partial charge in [-0.3, -0.25) is 19.5 Å². The van der Waals surface area contributed by atoms with Crippen molar-refractivity contribution < 1.29 is 0 Å². The van der Waals surface area contributed by atoms with E-state index in [9.17, 15) is 4.79 Å². The minimum Gasteiger partial charge on any atom is -0.309 e. The molecule has 0 radical (unpaired) electrons. The van der Waals surface area contributed by atoms with Crippen LogP contribution in [0.25, 0.3) is 22.3 Å². The Morgan fingerprint density at radius 3 is 2.81 bits per heavy atom. The van der Waals surface area contributed by atoms with E-state index in [1.807, 2.05) is 37.4 Å². The van der Waals surface area contributed by atoms with Gasteiger partial charge in [0.25, 0.3) is 5.56 Å². The third kappa shape index (κ3) is 3.26. The average molecular weight is 363 g/mol. The minimum absolute atomic E-state index is 0.0718. The van der Waals surface area contributed by atoms with Crippen molar-refractivity contribution in [3.8, 4) is 11.3 Å². The van der Waals surface area contributed by atoms with Crippen LogP contribution in [0.2, 0.25) is 0 Å². The van der Waals surface area contributed by atoms with Crippen molar-refractivity contribution >= 4 is 11.0 Å². The van der Waals surface area contributed by atoms with E-state index in [0.717, 1.165) is 17.0 Å². The maximum absolute atomic E-state index is 12.2. The summed E-state index contributed by atoms with van der Waals surface area (Å²) < 4.78 is 1.61.